The van der Waals surface area contributed by atoms with Crippen LogP contribution in [0, 0.1) is 5.92 Å². The van der Waals surface area contributed by atoms with Gasteiger partial charge in [0.25, 0.3) is 0 Å². The minimum atomic E-state index is 0.874. The summed E-state index contributed by atoms with van der Waals surface area (Å²) < 4.78 is 0. The first-order valence-corrected chi connectivity index (χ1v) is 6.98. The van der Waals surface area contributed by atoms with Gasteiger partial charge in [-0.3, -0.25) is 0 Å². The fourth-order valence-electron chi connectivity index (χ4n) is 1.78. The van der Waals surface area contributed by atoms with Crippen LogP contribution in [0.25, 0.3) is 0 Å². The third kappa shape index (κ3) is 14.0. The van der Waals surface area contributed by atoms with Crippen LogP contribution in [-0.2, 0) is 0 Å². The lowest BCUT2D eigenvalue weighted by Gasteiger charge is -2.06. The summed E-state index contributed by atoms with van der Waals surface area (Å²) in [5, 5.41) is 3.54. The molecule has 0 aromatic heterocycles. The molecule has 0 bridgehead atoms. The number of rotatable bonds is 11. The molecule has 0 aliphatic carbocycles. The second kappa shape index (κ2) is 12.0. The van der Waals surface area contributed by atoms with Gasteiger partial charge in [0.1, 0.15) is 0 Å². The summed E-state index contributed by atoms with van der Waals surface area (Å²) in [6, 6.07) is 0. The van der Waals surface area contributed by atoms with E-state index in [1.165, 1.54) is 64.5 Å². The normalized spacial score (nSPS) is 11.2. The Morgan fingerprint density at radius 2 is 1.40 bits per heavy atom. The van der Waals surface area contributed by atoms with Gasteiger partial charge < -0.3 is 5.32 Å². The van der Waals surface area contributed by atoms with Crippen molar-refractivity contribution >= 4 is 0 Å². The maximum absolute atomic E-state index is 3.54. The van der Waals surface area contributed by atoms with Crippen LogP contribution in [-0.4, -0.2) is 13.1 Å². The van der Waals surface area contributed by atoms with E-state index >= 15 is 0 Å². The average Bonchev–Trinajstić information content (AvgIpc) is 2.20. The molecule has 0 rings (SSSR count). The molecule has 0 radical (unpaired) electrons. The quantitative estimate of drug-likeness (QED) is 0.502. The van der Waals surface area contributed by atoms with Crippen molar-refractivity contribution in [2.45, 2.75) is 72.1 Å². The number of nitrogens with one attached hydrogen (secondary N) is 1. The van der Waals surface area contributed by atoms with Crippen LogP contribution in [0.5, 0.6) is 0 Å². The third-order valence-electron chi connectivity index (χ3n) is 2.84. The van der Waals surface area contributed by atoms with Crippen LogP contribution in [0.2, 0.25) is 0 Å². The first-order valence-electron chi connectivity index (χ1n) is 6.98. The van der Waals surface area contributed by atoms with Gasteiger partial charge in [-0.2, -0.15) is 0 Å². The maximum atomic E-state index is 3.54. The smallest absolute Gasteiger partial charge is 0.00489 e. The minimum absolute atomic E-state index is 0.874. The van der Waals surface area contributed by atoms with Crippen molar-refractivity contribution in [3.05, 3.63) is 0 Å². The second-order valence-electron chi connectivity index (χ2n) is 5.05. The zero-order valence-corrected chi connectivity index (χ0v) is 11.1. The van der Waals surface area contributed by atoms with Crippen LogP contribution in [0.4, 0.5) is 0 Å². The summed E-state index contributed by atoms with van der Waals surface area (Å²) in [5.74, 6) is 0.874. The summed E-state index contributed by atoms with van der Waals surface area (Å²) >= 11 is 0. The molecule has 15 heavy (non-hydrogen) atoms. The molecular formula is C14H31N. The van der Waals surface area contributed by atoms with E-state index in [0.29, 0.717) is 0 Å². The molecule has 1 heteroatoms. The Balaban J connectivity index is 2.87. The monoisotopic (exact) mass is 213 g/mol. The summed E-state index contributed by atoms with van der Waals surface area (Å²) in [7, 11) is 0. The van der Waals surface area contributed by atoms with Crippen LogP contribution in [0.15, 0.2) is 0 Å². The Morgan fingerprint density at radius 3 is 2.00 bits per heavy atom. The lowest BCUT2D eigenvalue weighted by Crippen LogP contribution is -2.16. The van der Waals surface area contributed by atoms with Crippen molar-refractivity contribution in [2.75, 3.05) is 13.1 Å². The zero-order chi connectivity index (χ0) is 11.4. The van der Waals surface area contributed by atoms with Crippen molar-refractivity contribution in [3.8, 4) is 0 Å². The summed E-state index contributed by atoms with van der Waals surface area (Å²) in [5.41, 5.74) is 0. The molecule has 92 valence electrons. The summed E-state index contributed by atoms with van der Waals surface area (Å²) in [6.45, 7) is 9.33. The minimum Gasteiger partial charge on any atom is -0.317 e. The number of hydrogen-bond acceptors (Lipinski definition) is 1. The highest BCUT2D eigenvalue weighted by Gasteiger charge is 1.94. The van der Waals surface area contributed by atoms with E-state index in [0.717, 1.165) is 5.92 Å². The van der Waals surface area contributed by atoms with Gasteiger partial charge in [0.2, 0.25) is 0 Å². The highest BCUT2D eigenvalue weighted by atomic mass is 14.8. The van der Waals surface area contributed by atoms with Gasteiger partial charge in [0, 0.05) is 0 Å². The van der Waals surface area contributed by atoms with Gasteiger partial charge in [-0.15, -0.1) is 0 Å². The van der Waals surface area contributed by atoms with Crippen LogP contribution < -0.4 is 5.32 Å². The molecular weight excluding hydrogens is 182 g/mol. The Labute approximate surface area is 97.0 Å². The lowest BCUT2D eigenvalue weighted by atomic mass is 10.1. The first-order chi connectivity index (χ1) is 7.27. The van der Waals surface area contributed by atoms with E-state index in [1.54, 1.807) is 0 Å². The van der Waals surface area contributed by atoms with E-state index < -0.39 is 0 Å². The highest BCUT2D eigenvalue weighted by molar-refractivity contribution is 4.52. The molecule has 1 N–H and O–H groups in total. The molecule has 0 atom stereocenters. The Bertz CT molecular complexity index is 110. The van der Waals surface area contributed by atoms with Crippen LogP contribution in [0.3, 0.4) is 0 Å². The second-order valence-corrected chi connectivity index (χ2v) is 5.05. The number of hydrogen-bond donors (Lipinski definition) is 1. The molecule has 0 aliphatic rings. The molecule has 0 aromatic carbocycles. The summed E-state index contributed by atoms with van der Waals surface area (Å²) in [6.07, 6.45) is 11.1. The van der Waals surface area contributed by atoms with Crippen LogP contribution >= 0.6 is 0 Å². The van der Waals surface area contributed by atoms with Crippen LogP contribution in [0.1, 0.15) is 72.1 Å². The standard InChI is InChI=1S/C14H31N/c1-4-5-6-7-9-12-15-13-10-8-11-14(2)3/h14-15H,4-13H2,1-3H3. The maximum Gasteiger partial charge on any atom is -0.00489 e. The lowest BCUT2D eigenvalue weighted by molar-refractivity contribution is 0.513. The van der Waals surface area contributed by atoms with Gasteiger partial charge in [0.05, 0.1) is 0 Å². The van der Waals surface area contributed by atoms with Gasteiger partial charge in [0.15, 0.2) is 0 Å². The SMILES string of the molecule is CCCCCCCNCCCCC(C)C. The van der Waals surface area contributed by atoms with Gasteiger partial charge >= 0.3 is 0 Å². The van der Waals surface area contributed by atoms with E-state index in [-0.39, 0.29) is 0 Å². The molecule has 0 aromatic rings. The largest absolute Gasteiger partial charge is 0.317 e. The molecule has 1 nitrogen and oxygen atoms in total. The first kappa shape index (κ1) is 15.0. The van der Waals surface area contributed by atoms with Gasteiger partial charge in [-0.05, 0) is 31.8 Å². The fraction of sp³-hybridized carbons (Fsp3) is 1.00. The topological polar surface area (TPSA) is 12.0 Å². The Morgan fingerprint density at radius 1 is 0.800 bits per heavy atom. The molecule has 0 amide bonds. The fourth-order valence-corrected chi connectivity index (χ4v) is 1.78. The van der Waals surface area contributed by atoms with E-state index in [1.807, 2.05) is 0 Å². The van der Waals surface area contributed by atoms with Crippen molar-refractivity contribution in [3.63, 3.8) is 0 Å². The predicted molar refractivity (Wildman–Crippen MR) is 70.3 cm³/mol. The zero-order valence-electron chi connectivity index (χ0n) is 11.1. The molecule has 0 unspecified atom stereocenters. The van der Waals surface area contributed by atoms with E-state index in [9.17, 15) is 0 Å². The molecule has 0 heterocycles. The van der Waals surface area contributed by atoms with Gasteiger partial charge in [-0.1, -0.05) is 59.3 Å². The predicted octanol–water partition coefficient (Wildman–Crippen LogP) is 4.37. The Kier molecular flexibility index (Phi) is 12.0. The molecule has 0 aliphatic heterocycles. The highest BCUT2D eigenvalue weighted by Crippen LogP contribution is 2.05. The third-order valence-corrected chi connectivity index (χ3v) is 2.84. The molecule has 0 saturated heterocycles. The number of unbranched alkanes of at least 4 members (excludes halogenated alkanes) is 5. The van der Waals surface area contributed by atoms with Crippen molar-refractivity contribution in [2.24, 2.45) is 5.92 Å². The molecule has 0 fully saturated rings. The van der Waals surface area contributed by atoms with Crippen molar-refractivity contribution in [1.82, 2.24) is 5.32 Å². The van der Waals surface area contributed by atoms with Gasteiger partial charge in [-0.25, -0.2) is 0 Å². The van der Waals surface area contributed by atoms with Crippen molar-refractivity contribution in [1.29, 1.82) is 0 Å². The molecule has 0 spiro atoms. The molecule has 0 saturated carbocycles. The Hall–Kier alpha value is -0.0400. The average molecular weight is 213 g/mol. The van der Waals surface area contributed by atoms with E-state index in [2.05, 4.69) is 26.1 Å². The van der Waals surface area contributed by atoms with Crippen molar-refractivity contribution < 1.29 is 0 Å². The van der Waals surface area contributed by atoms with E-state index in [4.69, 9.17) is 0 Å². The summed E-state index contributed by atoms with van der Waals surface area (Å²) in [4.78, 5) is 0.